The van der Waals surface area contributed by atoms with Crippen LogP contribution in [0.15, 0.2) is 42.6 Å². The van der Waals surface area contributed by atoms with Crippen LogP contribution in [0.5, 0.6) is 5.75 Å². The first-order valence-corrected chi connectivity index (χ1v) is 11.7. The van der Waals surface area contributed by atoms with E-state index in [0.29, 0.717) is 11.6 Å². The van der Waals surface area contributed by atoms with Crippen molar-refractivity contribution in [2.24, 2.45) is 5.73 Å². The van der Waals surface area contributed by atoms with Crippen LogP contribution < -0.4 is 15.4 Å². The van der Waals surface area contributed by atoms with Gasteiger partial charge in [0.1, 0.15) is 12.4 Å². The number of amides is 2. The van der Waals surface area contributed by atoms with Crippen LogP contribution in [-0.2, 0) is 17.8 Å². The summed E-state index contributed by atoms with van der Waals surface area (Å²) in [7, 11) is 3.42. The van der Waals surface area contributed by atoms with Gasteiger partial charge in [-0.15, -0.1) is 0 Å². The molecule has 2 aliphatic rings. The second-order valence-electron chi connectivity index (χ2n) is 9.09. The number of likely N-dealkylation sites (tertiary alicyclic amines) is 1. The number of carbonyl (C=O) groups is 2. The van der Waals surface area contributed by atoms with Crippen molar-refractivity contribution in [3.63, 3.8) is 0 Å². The molecular weight excluding hydrogens is 432 g/mol. The molecule has 0 spiro atoms. The maximum Gasteiger partial charge on any atom is 0.414 e. The van der Waals surface area contributed by atoms with Crippen LogP contribution in [0.4, 0.5) is 10.5 Å². The van der Waals surface area contributed by atoms with E-state index in [1.165, 1.54) is 0 Å². The van der Waals surface area contributed by atoms with Gasteiger partial charge in [-0.25, -0.2) is 4.79 Å². The molecule has 2 amide bonds. The summed E-state index contributed by atoms with van der Waals surface area (Å²) in [5.41, 5.74) is 10.0. The number of fused-ring (bicyclic) bond motifs is 2. The summed E-state index contributed by atoms with van der Waals surface area (Å²) < 4.78 is 13.1. The molecule has 1 saturated heterocycles. The van der Waals surface area contributed by atoms with Crippen LogP contribution in [0.1, 0.15) is 40.4 Å². The maximum absolute atomic E-state index is 11.9. The Kier molecular flexibility index (Phi) is 5.91. The smallest absolute Gasteiger partial charge is 0.414 e. The third-order valence-electron chi connectivity index (χ3n) is 7.12. The number of nitrogens with zero attached hydrogens (tertiary/aromatic N) is 3. The van der Waals surface area contributed by atoms with Gasteiger partial charge in [0.25, 0.3) is 0 Å². The van der Waals surface area contributed by atoms with Crippen molar-refractivity contribution in [3.8, 4) is 5.75 Å². The van der Waals surface area contributed by atoms with Gasteiger partial charge < -0.3 is 24.7 Å². The van der Waals surface area contributed by atoms with Gasteiger partial charge in [-0.3, -0.25) is 9.69 Å². The Morgan fingerprint density at radius 2 is 1.97 bits per heavy atom. The summed E-state index contributed by atoms with van der Waals surface area (Å²) in [5, 5.41) is 1.13. The fourth-order valence-electron chi connectivity index (χ4n) is 5.12. The Balaban J connectivity index is 1.25. The number of cyclic esters (lactones) is 1. The predicted octanol–water partition coefficient (Wildman–Crippen LogP) is 3.71. The molecule has 1 aromatic heterocycles. The zero-order valence-electron chi connectivity index (χ0n) is 19.6. The molecule has 0 unspecified atom stereocenters. The highest BCUT2D eigenvalue weighted by atomic mass is 16.6. The van der Waals surface area contributed by atoms with Crippen molar-refractivity contribution in [2.45, 2.75) is 31.9 Å². The Labute approximate surface area is 198 Å². The highest BCUT2D eigenvalue weighted by Crippen LogP contribution is 2.34. The number of aromatic nitrogens is 1. The quantitative estimate of drug-likeness (QED) is 0.603. The van der Waals surface area contributed by atoms with E-state index in [1.54, 1.807) is 25.1 Å². The average Bonchev–Trinajstić information content (AvgIpc) is 3.28. The van der Waals surface area contributed by atoms with E-state index in [2.05, 4.69) is 27.8 Å². The highest BCUT2D eigenvalue weighted by molar-refractivity contribution is 5.97. The van der Waals surface area contributed by atoms with E-state index in [-0.39, 0.29) is 12.7 Å². The van der Waals surface area contributed by atoms with Gasteiger partial charge in [-0.05, 0) is 60.5 Å². The zero-order chi connectivity index (χ0) is 23.8. The fraction of sp³-hybridized carbons (Fsp3) is 0.385. The topological polar surface area (TPSA) is 90.0 Å². The number of nitrogens with two attached hydrogens (primary N) is 1. The Morgan fingerprint density at radius 1 is 1.18 bits per heavy atom. The van der Waals surface area contributed by atoms with Crippen LogP contribution in [0.2, 0.25) is 0 Å². The molecule has 3 heterocycles. The average molecular weight is 463 g/mol. The van der Waals surface area contributed by atoms with E-state index in [1.807, 2.05) is 18.2 Å². The Morgan fingerprint density at radius 3 is 2.71 bits per heavy atom. The van der Waals surface area contributed by atoms with E-state index >= 15 is 0 Å². The lowest BCUT2D eigenvalue weighted by atomic mass is 10.0. The van der Waals surface area contributed by atoms with Crippen LogP contribution in [0, 0.1) is 0 Å². The molecule has 0 radical (unpaired) electrons. The molecule has 0 bridgehead atoms. The van der Waals surface area contributed by atoms with Gasteiger partial charge in [0.05, 0.1) is 12.8 Å². The molecule has 2 aromatic carbocycles. The lowest BCUT2D eigenvalue weighted by Gasteiger charge is -2.33. The zero-order valence-corrected chi connectivity index (χ0v) is 19.6. The van der Waals surface area contributed by atoms with Gasteiger partial charge in [0, 0.05) is 55.6 Å². The van der Waals surface area contributed by atoms with Gasteiger partial charge >= 0.3 is 6.09 Å². The van der Waals surface area contributed by atoms with Crippen molar-refractivity contribution in [1.82, 2.24) is 9.47 Å². The van der Waals surface area contributed by atoms with E-state index in [4.69, 9.17) is 15.2 Å². The Bertz CT molecular complexity index is 1240. The molecule has 178 valence electrons. The SMILES string of the molecule is COc1cc2c(cc1CCN1CCC(n3ccc4ccc(C(N)=O)cc43)CC1)N(C)C(=O)OC2. The first-order chi connectivity index (χ1) is 16.4. The number of hydrogen-bond donors (Lipinski definition) is 1. The molecule has 1 fully saturated rings. The standard InChI is InChI=1S/C26H30N4O4/c1-28-22-13-18(24(33-2)15-20(22)16-34-26(28)32)5-9-29-10-7-21(8-11-29)30-12-6-17-3-4-19(25(27)31)14-23(17)30/h3-4,6,12-15,21H,5,7-11,16H2,1-2H3,(H2,27,31). The predicted molar refractivity (Wildman–Crippen MR) is 130 cm³/mol. The van der Waals surface area contributed by atoms with Crippen molar-refractivity contribution in [1.29, 1.82) is 0 Å². The molecule has 2 aliphatic heterocycles. The van der Waals surface area contributed by atoms with Gasteiger partial charge in [-0.1, -0.05) is 6.07 Å². The van der Waals surface area contributed by atoms with Gasteiger partial charge in [-0.2, -0.15) is 0 Å². The summed E-state index contributed by atoms with van der Waals surface area (Å²) in [6.07, 6.45) is 4.72. The minimum Gasteiger partial charge on any atom is -0.496 e. The number of carbonyl (C=O) groups excluding carboxylic acids is 2. The summed E-state index contributed by atoms with van der Waals surface area (Å²) in [6, 6.07) is 12.2. The van der Waals surface area contributed by atoms with Crippen molar-refractivity contribution in [3.05, 3.63) is 59.3 Å². The summed E-state index contributed by atoms with van der Waals surface area (Å²) in [6.45, 7) is 3.20. The van der Waals surface area contributed by atoms with Crippen LogP contribution in [0.25, 0.3) is 10.9 Å². The molecule has 5 rings (SSSR count). The molecule has 8 nitrogen and oxygen atoms in total. The largest absolute Gasteiger partial charge is 0.496 e. The van der Waals surface area contributed by atoms with Gasteiger partial charge in [0.15, 0.2) is 0 Å². The Hall–Kier alpha value is -3.52. The number of piperidine rings is 1. The van der Waals surface area contributed by atoms with Crippen LogP contribution in [-0.4, -0.2) is 55.3 Å². The minimum atomic E-state index is -0.398. The summed E-state index contributed by atoms with van der Waals surface area (Å²) in [5.74, 6) is 0.439. The molecule has 0 atom stereocenters. The van der Waals surface area contributed by atoms with E-state index in [0.717, 1.165) is 72.4 Å². The van der Waals surface area contributed by atoms with Crippen molar-refractivity contribution in [2.75, 3.05) is 38.7 Å². The highest BCUT2D eigenvalue weighted by Gasteiger charge is 2.25. The molecular formula is C26H30N4O4. The molecule has 0 aliphatic carbocycles. The molecule has 0 saturated carbocycles. The second-order valence-corrected chi connectivity index (χ2v) is 9.09. The maximum atomic E-state index is 11.9. The van der Waals surface area contributed by atoms with Crippen molar-refractivity contribution >= 4 is 28.6 Å². The molecule has 3 aromatic rings. The third-order valence-corrected chi connectivity index (χ3v) is 7.12. The number of benzene rings is 2. The fourth-order valence-corrected chi connectivity index (χ4v) is 5.12. The number of rotatable bonds is 6. The van der Waals surface area contributed by atoms with Crippen LogP contribution in [0.3, 0.4) is 0 Å². The minimum absolute atomic E-state index is 0.275. The second kappa shape index (κ2) is 9.02. The van der Waals surface area contributed by atoms with Gasteiger partial charge in [0.2, 0.25) is 5.91 Å². The van der Waals surface area contributed by atoms with Crippen molar-refractivity contribution < 1.29 is 19.1 Å². The summed E-state index contributed by atoms with van der Waals surface area (Å²) in [4.78, 5) is 27.6. The number of methoxy groups -OCH3 is 1. The van der Waals surface area contributed by atoms with E-state index in [9.17, 15) is 9.59 Å². The number of anilines is 1. The monoisotopic (exact) mass is 462 g/mol. The first-order valence-electron chi connectivity index (χ1n) is 11.7. The summed E-state index contributed by atoms with van der Waals surface area (Å²) >= 11 is 0. The molecule has 2 N–H and O–H groups in total. The van der Waals surface area contributed by atoms with E-state index < -0.39 is 5.91 Å². The third kappa shape index (κ3) is 4.09. The number of hydrogen-bond acceptors (Lipinski definition) is 5. The lowest BCUT2D eigenvalue weighted by Crippen LogP contribution is -2.36. The normalized spacial score (nSPS) is 17.0. The lowest BCUT2D eigenvalue weighted by molar-refractivity contribution is 0.1000. The number of primary amides is 1. The first kappa shape index (κ1) is 22.3. The van der Waals surface area contributed by atoms with Crippen LogP contribution >= 0.6 is 0 Å². The molecule has 8 heteroatoms. The number of ether oxygens (including phenoxy) is 2. The molecule has 34 heavy (non-hydrogen) atoms.